The maximum atomic E-state index is 12.4. The van der Waals surface area contributed by atoms with Crippen LogP contribution < -0.4 is 10.6 Å². The zero-order valence-electron chi connectivity index (χ0n) is 9.78. The first kappa shape index (κ1) is 12.7. The Kier molecular flexibility index (Phi) is 3.16. The van der Waals surface area contributed by atoms with Gasteiger partial charge < -0.3 is 15.0 Å². The molecule has 2 rings (SSSR count). The predicted octanol–water partition coefficient (Wildman–Crippen LogP) is 1.79. The smallest absolute Gasteiger partial charge is 0.349 e. The predicted molar refractivity (Wildman–Crippen MR) is 62.4 cm³/mol. The van der Waals surface area contributed by atoms with E-state index in [1.807, 2.05) is 0 Å². The van der Waals surface area contributed by atoms with Crippen molar-refractivity contribution < 1.29 is 13.2 Å². The van der Waals surface area contributed by atoms with Gasteiger partial charge >= 0.3 is 6.18 Å². The number of nitrogens with two attached hydrogens (primary N) is 1. The van der Waals surface area contributed by atoms with Crippen LogP contribution in [0.3, 0.4) is 0 Å². The molecule has 0 amide bonds. The number of alkyl halides is 3. The first-order chi connectivity index (χ1) is 8.42. The average molecular weight is 258 g/mol. The third kappa shape index (κ3) is 2.40. The second-order valence-corrected chi connectivity index (χ2v) is 3.99. The monoisotopic (exact) mass is 258 g/mol. The van der Waals surface area contributed by atoms with Crippen LogP contribution in [0.1, 0.15) is 5.69 Å². The number of anilines is 1. The quantitative estimate of drug-likeness (QED) is 0.913. The molecule has 0 aliphatic carbocycles. The highest BCUT2D eigenvalue weighted by molar-refractivity contribution is 5.55. The van der Waals surface area contributed by atoms with E-state index in [0.717, 1.165) is 4.90 Å². The molecule has 2 aromatic heterocycles. The number of halogens is 3. The number of nitrogens with zero attached hydrogens (tertiary/aromatic N) is 3. The van der Waals surface area contributed by atoms with E-state index in [1.165, 1.54) is 7.05 Å². The minimum atomic E-state index is -4.27. The van der Waals surface area contributed by atoms with E-state index in [-0.39, 0.29) is 12.4 Å². The molecular formula is C11H13F3N4. The summed E-state index contributed by atoms with van der Waals surface area (Å²) in [6.07, 6.45) is -2.54. The van der Waals surface area contributed by atoms with Crippen molar-refractivity contribution in [2.24, 2.45) is 5.73 Å². The van der Waals surface area contributed by atoms with Crippen LogP contribution in [0.4, 0.5) is 19.0 Å². The van der Waals surface area contributed by atoms with Gasteiger partial charge in [-0.25, -0.2) is 4.98 Å². The lowest BCUT2D eigenvalue weighted by Gasteiger charge is -2.19. The van der Waals surface area contributed by atoms with E-state index >= 15 is 0 Å². The molecule has 0 aliphatic heterocycles. The molecule has 2 aromatic rings. The molecule has 0 saturated heterocycles. The van der Waals surface area contributed by atoms with Crippen molar-refractivity contribution in [1.82, 2.24) is 9.38 Å². The maximum absolute atomic E-state index is 12.4. The summed E-state index contributed by atoms with van der Waals surface area (Å²) < 4.78 is 38.8. The summed E-state index contributed by atoms with van der Waals surface area (Å²) in [6, 6.07) is 5.28. The van der Waals surface area contributed by atoms with Gasteiger partial charge in [0.1, 0.15) is 12.2 Å². The molecule has 0 fully saturated rings. The van der Waals surface area contributed by atoms with Gasteiger partial charge in [-0.3, -0.25) is 0 Å². The molecule has 18 heavy (non-hydrogen) atoms. The summed E-state index contributed by atoms with van der Waals surface area (Å²) in [5.41, 5.74) is 6.75. The SMILES string of the molecule is CN(CC(F)(F)F)c1nc2ccccn2c1CN. The molecule has 4 nitrogen and oxygen atoms in total. The van der Waals surface area contributed by atoms with Crippen LogP contribution in [-0.4, -0.2) is 29.2 Å². The first-order valence-corrected chi connectivity index (χ1v) is 5.36. The van der Waals surface area contributed by atoms with Crippen molar-refractivity contribution >= 4 is 11.5 Å². The van der Waals surface area contributed by atoms with Crippen LogP contribution in [-0.2, 0) is 6.54 Å². The van der Waals surface area contributed by atoms with Gasteiger partial charge in [-0.2, -0.15) is 13.2 Å². The van der Waals surface area contributed by atoms with E-state index in [9.17, 15) is 13.2 Å². The highest BCUT2D eigenvalue weighted by Gasteiger charge is 2.31. The lowest BCUT2D eigenvalue weighted by atomic mass is 10.4. The second-order valence-electron chi connectivity index (χ2n) is 3.99. The van der Waals surface area contributed by atoms with Crippen LogP contribution in [0.25, 0.3) is 5.65 Å². The minimum Gasteiger partial charge on any atom is -0.349 e. The van der Waals surface area contributed by atoms with E-state index in [1.54, 1.807) is 28.8 Å². The van der Waals surface area contributed by atoms with Gasteiger partial charge in [0.05, 0.1) is 5.69 Å². The molecule has 0 bridgehead atoms. The molecule has 7 heteroatoms. The second kappa shape index (κ2) is 4.49. The average Bonchev–Trinajstić information content (AvgIpc) is 2.65. The summed E-state index contributed by atoms with van der Waals surface area (Å²) in [6.45, 7) is -0.924. The number of hydrogen-bond donors (Lipinski definition) is 1. The third-order valence-electron chi connectivity index (χ3n) is 2.58. The van der Waals surface area contributed by atoms with E-state index in [4.69, 9.17) is 5.73 Å². The number of rotatable bonds is 3. The number of hydrogen-bond acceptors (Lipinski definition) is 3. The molecule has 0 unspecified atom stereocenters. The van der Waals surface area contributed by atoms with Crippen molar-refractivity contribution in [3.05, 3.63) is 30.1 Å². The van der Waals surface area contributed by atoms with E-state index < -0.39 is 12.7 Å². The maximum Gasteiger partial charge on any atom is 0.405 e. The first-order valence-electron chi connectivity index (χ1n) is 5.36. The topological polar surface area (TPSA) is 46.6 Å². The van der Waals surface area contributed by atoms with Crippen LogP contribution in [0, 0.1) is 0 Å². The van der Waals surface area contributed by atoms with Gasteiger partial charge in [0.25, 0.3) is 0 Å². The van der Waals surface area contributed by atoms with Crippen molar-refractivity contribution in [1.29, 1.82) is 0 Å². The largest absolute Gasteiger partial charge is 0.405 e. The fraction of sp³-hybridized carbons (Fsp3) is 0.364. The lowest BCUT2D eigenvalue weighted by Crippen LogP contribution is -2.32. The molecule has 0 aromatic carbocycles. The van der Waals surface area contributed by atoms with Crippen molar-refractivity contribution in [2.75, 3.05) is 18.5 Å². The molecule has 2 N–H and O–H groups in total. The molecular weight excluding hydrogens is 245 g/mol. The Bertz CT molecular complexity index is 547. The molecule has 98 valence electrons. The minimum absolute atomic E-state index is 0.128. The third-order valence-corrected chi connectivity index (χ3v) is 2.58. The summed E-state index contributed by atoms with van der Waals surface area (Å²) >= 11 is 0. The van der Waals surface area contributed by atoms with Gasteiger partial charge in [-0.05, 0) is 12.1 Å². The standard InChI is InChI=1S/C11H13F3N4/c1-17(7-11(12,13)14)10-8(6-15)18-5-3-2-4-9(18)16-10/h2-5H,6-7,15H2,1H3. The molecule has 0 atom stereocenters. The van der Waals surface area contributed by atoms with Crippen molar-refractivity contribution in [3.8, 4) is 0 Å². The van der Waals surface area contributed by atoms with Gasteiger partial charge in [0, 0.05) is 19.8 Å². The summed E-state index contributed by atoms with van der Waals surface area (Å²) in [7, 11) is 1.36. The lowest BCUT2D eigenvalue weighted by molar-refractivity contribution is -0.119. The normalized spacial score (nSPS) is 12.1. The number of imidazole rings is 1. The van der Waals surface area contributed by atoms with Gasteiger partial charge in [-0.15, -0.1) is 0 Å². The fourth-order valence-electron chi connectivity index (χ4n) is 1.87. The highest BCUT2D eigenvalue weighted by Crippen LogP contribution is 2.24. The van der Waals surface area contributed by atoms with Crippen molar-refractivity contribution in [3.63, 3.8) is 0 Å². The molecule has 0 saturated carbocycles. The number of pyridine rings is 1. The zero-order chi connectivity index (χ0) is 13.3. The molecule has 0 aliphatic rings. The van der Waals surface area contributed by atoms with Crippen LogP contribution in [0.15, 0.2) is 24.4 Å². The zero-order valence-corrected chi connectivity index (χ0v) is 9.78. The van der Waals surface area contributed by atoms with Gasteiger partial charge in [-0.1, -0.05) is 6.07 Å². The summed E-state index contributed by atoms with van der Waals surface area (Å²) in [5.74, 6) is 0.265. The Balaban J connectivity index is 2.44. The Morgan fingerprint density at radius 2 is 2.11 bits per heavy atom. The molecule has 2 heterocycles. The number of fused-ring (bicyclic) bond motifs is 1. The Hall–Kier alpha value is -1.76. The van der Waals surface area contributed by atoms with Crippen LogP contribution in [0.5, 0.6) is 0 Å². The Morgan fingerprint density at radius 1 is 1.39 bits per heavy atom. The summed E-state index contributed by atoms with van der Waals surface area (Å²) in [4.78, 5) is 5.24. The summed E-state index contributed by atoms with van der Waals surface area (Å²) in [5, 5.41) is 0. The van der Waals surface area contributed by atoms with Crippen LogP contribution in [0.2, 0.25) is 0 Å². The molecule has 0 radical (unpaired) electrons. The number of aromatic nitrogens is 2. The van der Waals surface area contributed by atoms with E-state index in [2.05, 4.69) is 4.98 Å². The Morgan fingerprint density at radius 3 is 2.72 bits per heavy atom. The van der Waals surface area contributed by atoms with E-state index in [0.29, 0.717) is 11.3 Å². The fourth-order valence-corrected chi connectivity index (χ4v) is 1.87. The Labute approximate surface area is 102 Å². The van der Waals surface area contributed by atoms with Crippen molar-refractivity contribution in [2.45, 2.75) is 12.7 Å². The highest BCUT2D eigenvalue weighted by atomic mass is 19.4. The van der Waals surface area contributed by atoms with Gasteiger partial charge in [0.15, 0.2) is 5.82 Å². The molecule has 0 spiro atoms. The van der Waals surface area contributed by atoms with Crippen LogP contribution >= 0.6 is 0 Å². The van der Waals surface area contributed by atoms with Gasteiger partial charge in [0.2, 0.25) is 0 Å².